The number of halogens is 4. The van der Waals surface area contributed by atoms with E-state index in [1.165, 1.54) is 24.3 Å². The summed E-state index contributed by atoms with van der Waals surface area (Å²) in [7, 11) is 0. The Kier molecular flexibility index (Phi) is 4.77. The number of cyclic esters (lactones) is 1. The first kappa shape index (κ1) is 18.1. The van der Waals surface area contributed by atoms with Gasteiger partial charge < -0.3 is 19.8 Å². The van der Waals surface area contributed by atoms with Crippen LogP contribution in [-0.4, -0.2) is 29.6 Å². The number of amides is 2. The molecule has 0 radical (unpaired) electrons. The molecule has 26 heavy (non-hydrogen) atoms. The maximum absolute atomic E-state index is 12.7. The average Bonchev–Trinajstić information content (AvgIpc) is 3.22. The summed E-state index contributed by atoms with van der Waals surface area (Å²) in [5.41, 5.74) is 0.257. The van der Waals surface area contributed by atoms with Crippen LogP contribution in [-0.2, 0) is 15.7 Å². The number of alkyl carbamates (subject to hydrolysis) is 1. The van der Waals surface area contributed by atoms with E-state index in [2.05, 4.69) is 20.0 Å². The molecule has 7 nitrogen and oxygen atoms in total. The second-order valence-electron chi connectivity index (χ2n) is 5.34. The molecule has 11 heteroatoms. The predicted molar refractivity (Wildman–Crippen MR) is 81.2 cm³/mol. The quantitative estimate of drug-likeness (QED) is 0.838. The summed E-state index contributed by atoms with van der Waals surface area (Å²) in [5.74, 6) is -2.13. The van der Waals surface area contributed by atoms with Gasteiger partial charge in [0.15, 0.2) is 6.10 Å². The lowest BCUT2D eigenvalue weighted by Gasteiger charge is -2.18. The summed E-state index contributed by atoms with van der Waals surface area (Å²) >= 11 is 5.82. The summed E-state index contributed by atoms with van der Waals surface area (Å²) in [6, 6.07) is 5.01. The number of carbonyl (C=O) groups excluding carboxylic acids is 2. The Balaban J connectivity index is 1.89. The molecule has 1 aliphatic rings. The highest BCUT2D eigenvalue weighted by Gasteiger charge is 2.39. The number of oxazole rings is 1. The fourth-order valence-corrected chi connectivity index (χ4v) is 2.43. The van der Waals surface area contributed by atoms with Crippen molar-refractivity contribution in [2.75, 3.05) is 6.54 Å². The minimum absolute atomic E-state index is 0.0510. The largest absolute Gasteiger partial charge is 0.468 e. The maximum Gasteiger partial charge on any atom is 0.468 e. The van der Waals surface area contributed by atoms with Crippen LogP contribution in [0.1, 0.15) is 23.2 Å². The third-order valence-electron chi connectivity index (χ3n) is 3.52. The molecule has 1 unspecified atom stereocenters. The number of rotatable bonds is 4. The van der Waals surface area contributed by atoms with Crippen molar-refractivity contribution in [1.29, 1.82) is 0 Å². The van der Waals surface area contributed by atoms with E-state index in [1.54, 1.807) is 0 Å². The zero-order valence-electron chi connectivity index (χ0n) is 12.8. The van der Waals surface area contributed by atoms with Crippen molar-refractivity contribution < 1.29 is 31.9 Å². The zero-order chi connectivity index (χ0) is 18.9. The molecule has 1 saturated heterocycles. The highest BCUT2D eigenvalue weighted by molar-refractivity contribution is 6.30. The van der Waals surface area contributed by atoms with Crippen molar-refractivity contribution in [2.24, 2.45) is 0 Å². The molecule has 0 aliphatic carbocycles. The van der Waals surface area contributed by atoms with Crippen LogP contribution in [0.25, 0.3) is 0 Å². The van der Waals surface area contributed by atoms with Crippen molar-refractivity contribution >= 4 is 23.6 Å². The average molecular weight is 390 g/mol. The number of hydrogen-bond donors (Lipinski definition) is 2. The second-order valence-corrected chi connectivity index (χ2v) is 5.78. The maximum atomic E-state index is 12.7. The van der Waals surface area contributed by atoms with Gasteiger partial charge >= 0.3 is 18.2 Å². The molecule has 1 aromatic heterocycles. The molecule has 1 aliphatic heterocycles. The lowest BCUT2D eigenvalue weighted by Crippen LogP contribution is -2.39. The number of alkyl halides is 3. The number of nitrogens with zero attached hydrogens (tertiary/aromatic N) is 1. The van der Waals surface area contributed by atoms with Crippen LogP contribution in [0.5, 0.6) is 0 Å². The van der Waals surface area contributed by atoms with E-state index >= 15 is 0 Å². The minimum Gasteiger partial charge on any atom is -0.441 e. The molecule has 0 saturated carbocycles. The van der Waals surface area contributed by atoms with Crippen molar-refractivity contribution in [2.45, 2.75) is 18.3 Å². The summed E-state index contributed by atoms with van der Waals surface area (Å²) in [4.78, 5) is 26.8. The Morgan fingerprint density at radius 3 is 2.58 bits per heavy atom. The van der Waals surface area contributed by atoms with Gasteiger partial charge in [-0.1, -0.05) is 23.7 Å². The minimum atomic E-state index is -4.77. The molecule has 2 N–H and O–H groups in total. The summed E-state index contributed by atoms with van der Waals surface area (Å²) < 4.78 is 47.5. The van der Waals surface area contributed by atoms with Crippen LogP contribution in [0.3, 0.4) is 0 Å². The molecule has 3 rings (SSSR count). The van der Waals surface area contributed by atoms with Crippen LogP contribution in [0, 0.1) is 0 Å². The first-order chi connectivity index (χ1) is 12.2. The smallest absolute Gasteiger partial charge is 0.441 e. The molecule has 2 atom stereocenters. The van der Waals surface area contributed by atoms with Gasteiger partial charge in [-0.15, -0.1) is 0 Å². The van der Waals surface area contributed by atoms with Crippen LogP contribution in [0.15, 0.2) is 34.9 Å². The number of aromatic nitrogens is 1. The fourth-order valence-electron chi connectivity index (χ4n) is 2.30. The normalized spacial score (nSPS) is 18.2. The van der Waals surface area contributed by atoms with Crippen molar-refractivity contribution in [3.63, 3.8) is 0 Å². The van der Waals surface area contributed by atoms with E-state index in [-0.39, 0.29) is 12.2 Å². The first-order valence-electron chi connectivity index (χ1n) is 7.27. The Labute approximate surface area is 149 Å². The van der Waals surface area contributed by atoms with E-state index in [1.807, 2.05) is 0 Å². The molecule has 2 heterocycles. The number of nitrogens with one attached hydrogen (secondary N) is 2. The van der Waals surface area contributed by atoms with Gasteiger partial charge in [0.25, 0.3) is 5.91 Å². The van der Waals surface area contributed by atoms with E-state index in [0.29, 0.717) is 10.6 Å². The van der Waals surface area contributed by atoms with Crippen molar-refractivity contribution in [3.05, 3.63) is 52.7 Å². The molecule has 2 aromatic rings. The molecule has 1 fully saturated rings. The third-order valence-corrected chi connectivity index (χ3v) is 3.78. The van der Waals surface area contributed by atoms with Crippen LogP contribution in [0.2, 0.25) is 5.02 Å². The van der Waals surface area contributed by atoms with Gasteiger partial charge in [-0.25, -0.2) is 9.78 Å². The van der Waals surface area contributed by atoms with Gasteiger partial charge in [-0.05, 0) is 17.7 Å². The number of hydrogen-bond acceptors (Lipinski definition) is 5. The van der Waals surface area contributed by atoms with Crippen LogP contribution < -0.4 is 10.6 Å². The highest BCUT2D eigenvalue weighted by Crippen LogP contribution is 2.31. The lowest BCUT2D eigenvalue weighted by molar-refractivity contribution is -0.157. The molecule has 0 bridgehead atoms. The van der Waals surface area contributed by atoms with Crippen molar-refractivity contribution in [1.82, 2.24) is 15.6 Å². The Bertz CT molecular complexity index is 822. The molecule has 138 valence electrons. The van der Waals surface area contributed by atoms with Gasteiger partial charge in [0.2, 0.25) is 0 Å². The fraction of sp³-hybridized carbons (Fsp3) is 0.267. The lowest BCUT2D eigenvalue weighted by atomic mass is 10.0. The second kappa shape index (κ2) is 6.87. The standard InChI is InChI=1S/C15H11ClF3N3O4/c16-8-3-1-7(2-4-8)11(9-6-25-13(21-9)15(17,18)19)22-12(23)10-5-20-14(24)26-10/h1-4,6,10-11H,5H2,(H,20,24)(H,22,23)/t10-,11?/m0/s1. The summed E-state index contributed by atoms with van der Waals surface area (Å²) in [5, 5.41) is 5.23. The zero-order valence-corrected chi connectivity index (χ0v) is 13.6. The Hall–Kier alpha value is -2.75. The van der Waals surface area contributed by atoms with Crippen molar-refractivity contribution in [3.8, 4) is 0 Å². The van der Waals surface area contributed by atoms with Crippen LogP contribution >= 0.6 is 11.6 Å². The van der Waals surface area contributed by atoms with E-state index in [0.717, 1.165) is 6.26 Å². The Morgan fingerprint density at radius 1 is 1.35 bits per heavy atom. The molecular weight excluding hydrogens is 379 g/mol. The third kappa shape index (κ3) is 3.90. The SMILES string of the molecule is O=C1NC[C@@H](C(=O)NC(c2ccc(Cl)cc2)c2coc(C(F)(F)F)n2)O1. The Morgan fingerprint density at radius 2 is 2.04 bits per heavy atom. The van der Waals surface area contributed by atoms with Gasteiger partial charge in [0, 0.05) is 5.02 Å². The van der Waals surface area contributed by atoms with Gasteiger partial charge in [-0.2, -0.15) is 13.2 Å². The molecule has 2 amide bonds. The number of carbonyl (C=O) groups is 2. The van der Waals surface area contributed by atoms with Crippen LogP contribution in [0.4, 0.5) is 18.0 Å². The van der Waals surface area contributed by atoms with Gasteiger partial charge in [0.05, 0.1) is 12.6 Å². The first-order valence-corrected chi connectivity index (χ1v) is 7.65. The van der Waals surface area contributed by atoms with Gasteiger partial charge in [0.1, 0.15) is 12.0 Å². The highest BCUT2D eigenvalue weighted by atomic mass is 35.5. The van der Waals surface area contributed by atoms with E-state index in [9.17, 15) is 22.8 Å². The summed E-state index contributed by atoms with van der Waals surface area (Å²) in [6.45, 7) is -0.0510. The topological polar surface area (TPSA) is 93.5 Å². The number of ether oxygens (including phenoxy) is 1. The molecule has 0 spiro atoms. The predicted octanol–water partition coefficient (Wildman–Crippen LogP) is 2.66. The number of benzene rings is 1. The molecule has 1 aromatic carbocycles. The van der Waals surface area contributed by atoms with E-state index in [4.69, 9.17) is 16.3 Å². The van der Waals surface area contributed by atoms with E-state index < -0.39 is 36.2 Å². The monoisotopic (exact) mass is 389 g/mol. The van der Waals surface area contributed by atoms with Gasteiger partial charge in [-0.3, -0.25) is 4.79 Å². The summed E-state index contributed by atoms with van der Waals surface area (Å²) in [6.07, 6.45) is -5.82. The molecular formula is C15H11ClF3N3O4.